The van der Waals surface area contributed by atoms with Crippen LogP contribution in [0.4, 0.5) is 0 Å². The number of benzene rings is 1. The van der Waals surface area contributed by atoms with Crippen molar-refractivity contribution in [3.63, 3.8) is 0 Å². The largest absolute Gasteiger partial charge is 0.347 e. The molecule has 0 spiro atoms. The summed E-state index contributed by atoms with van der Waals surface area (Å²) in [4.78, 5) is 20.1. The Kier molecular flexibility index (Phi) is 4.42. The molecular weight excluding hydrogens is 292 g/mol. The van der Waals surface area contributed by atoms with Crippen LogP contribution >= 0.6 is 0 Å². The van der Waals surface area contributed by atoms with E-state index < -0.39 is 0 Å². The van der Waals surface area contributed by atoms with Gasteiger partial charge in [-0.2, -0.15) is 4.98 Å². The molecule has 1 amide bonds. The Balaban J connectivity index is 1.58. The SMILES string of the molecule is Cc1cccc(CCNC(=O)c2nc(-c3ccncc3)no2)c1. The minimum Gasteiger partial charge on any atom is -0.347 e. The lowest BCUT2D eigenvalue weighted by Crippen LogP contribution is -2.26. The lowest BCUT2D eigenvalue weighted by atomic mass is 10.1. The molecule has 23 heavy (non-hydrogen) atoms. The third kappa shape index (κ3) is 3.79. The minimum absolute atomic E-state index is 0.0407. The van der Waals surface area contributed by atoms with Crippen molar-refractivity contribution >= 4 is 5.91 Å². The zero-order valence-corrected chi connectivity index (χ0v) is 12.7. The van der Waals surface area contributed by atoms with Gasteiger partial charge in [-0.15, -0.1) is 0 Å². The average molecular weight is 308 g/mol. The van der Waals surface area contributed by atoms with Crippen LogP contribution in [0.2, 0.25) is 0 Å². The number of nitrogens with zero attached hydrogens (tertiary/aromatic N) is 3. The Morgan fingerprint density at radius 1 is 1.22 bits per heavy atom. The molecule has 0 bridgehead atoms. The summed E-state index contributed by atoms with van der Waals surface area (Å²) in [5, 5.41) is 6.59. The molecule has 116 valence electrons. The fourth-order valence-electron chi connectivity index (χ4n) is 2.20. The van der Waals surface area contributed by atoms with E-state index in [1.807, 2.05) is 25.1 Å². The lowest BCUT2D eigenvalue weighted by molar-refractivity contribution is 0.0910. The topological polar surface area (TPSA) is 80.9 Å². The van der Waals surface area contributed by atoms with Crippen molar-refractivity contribution in [3.8, 4) is 11.4 Å². The standard InChI is InChI=1S/C17H16N4O2/c1-12-3-2-4-13(11-12)5-10-19-16(22)17-20-15(21-23-17)14-6-8-18-9-7-14/h2-4,6-9,11H,5,10H2,1H3,(H,19,22). The number of nitrogens with one attached hydrogen (secondary N) is 1. The van der Waals surface area contributed by atoms with Gasteiger partial charge in [-0.3, -0.25) is 9.78 Å². The number of carbonyl (C=O) groups is 1. The van der Waals surface area contributed by atoms with Crippen molar-refractivity contribution in [1.29, 1.82) is 0 Å². The first-order chi connectivity index (χ1) is 11.2. The predicted octanol–water partition coefficient (Wildman–Crippen LogP) is 2.41. The molecule has 0 aliphatic rings. The molecular formula is C17H16N4O2. The van der Waals surface area contributed by atoms with E-state index >= 15 is 0 Å². The normalized spacial score (nSPS) is 10.5. The predicted molar refractivity (Wildman–Crippen MR) is 84.7 cm³/mol. The third-order valence-corrected chi connectivity index (χ3v) is 3.34. The number of pyridine rings is 1. The van der Waals surface area contributed by atoms with Crippen LogP contribution in [0.5, 0.6) is 0 Å². The van der Waals surface area contributed by atoms with Gasteiger partial charge in [0.15, 0.2) is 0 Å². The van der Waals surface area contributed by atoms with E-state index in [-0.39, 0.29) is 11.8 Å². The highest BCUT2D eigenvalue weighted by atomic mass is 16.5. The van der Waals surface area contributed by atoms with Crippen LogP contribution in [-0.2, 0) is 6.42 Å². The number of hydrogen-bond donors (Lipinski definition) is 1. The van der Waals surface area contributed by atoms with Crippen LogP contribution in [0.25, 0.3) is 11.4 Å². The van der Waals surface area contributed by atoms with Gasteiger partial charge >= 0.3 is 11.8 Å². The van der Waals surface area contributed by atoms with Crippen molar-refractivity contribution in [2.75, 3.05) is 6.54 Å². The highest BCUT2D eigenvalue weighted by Gasteiger charge is 2.15. The molecule has 1 aromatic carbocycles. The van der Waals surface area contributed by atoms with Gasteiger partial charge in [-0.25, -0.2) is 0 Å². The molecule has 3 aromatic rings. The Morgan fingerprint density at radius 2 is 2.04 bits per heavy atom. The number of carbonyl (C=O) groups excluding carboxylic acids is 1. The van der Waals surface area contributed by atoms with Crippen molar-refractivity contribution < 1.29 is 9.32 Å². The van der Waals surface area contributed by atoms with Crippen LogP contribution in [0.3, 0.4) is 0 Å². The van der Waals surface area contributed by atoms with Gasteiger partial charge in [0.1, 0.15) is 0 Å². The lowest BCUT2D eigenvalue weighted by Gasteiger charge is -2.03. The summed E-state index contributed by atoms with van der Waals surface area (Å²) in [6.07, 6.45) is 4.01. The first-order valence-corrected chi connectivity index (χ1v) is 7.30. The van der Waals surface area contributed by atoms with Crippen LogP contribution in [0.15, 0.2) is 53.3 Å². The average Bonchev–Trinajstić information content (AvgIpc) is 3.06. The first-order valence-electron chi connectivity index (χ1n) is 7.30. The van der Waals surface area contributed by atoms with Gasteiger partial charge in [-0.1, -0.05) is 35.0 Å². The zero-order valence-electron chi connectivity index (χ0n) is 12.7. The molecule has 0 saturated heterocycles. The molecule has 6 heteroatoms. The number of hydrogen-bond acceptors (Lipinski definition) is 5. The molecule has 3 rings (SSSR count). The Morgan fingerprint density at radius 3 is 2.83 bits per heavy atom. The Hall–Kier alpha value is -3.02. The molecule has 2 aromatic heterocycles. The maximum atomic E-state index is 12.0. The van der Waals surface area contributed by atoms with Gasteiger partial charge in [0.25, 0.3) is 0 Å². The summed E-state index contributed by atoms with van der Waals surface area (Å²) in [6.45, 7) is 2.55. The van der Waals surface area contributed by atoms with Crippen molar-refractivity contribution in [1.82, 2.24) is 20.4 Å². The van der Waals surface area contributed by atoms with E-state index in [4.69, 9.17) is 4.52 Å². The molecule has 0 unspecified atom stereocenters. The highest BCUT2D eigenvalue weighted by molar-refractivity contribution is 5.89. The summed E-state index contributed by atoms with van der Waals surface area (Å²) in [5.74, 6) is -0.0391. The third-order valence-electron chi connectivity index (χ3n) is 3.34. The molecule has 0 saturated carbocycles. The summed E-state index contributed by atoms with van der Waals surface area (Å²) < 4.78 is 5.01. The van der Waals surface area contributed by atoms with Crippen LogP contribution < -0.4 is 5.32 Å². The smallest absolute Gasteiger partial charge is 0.316 e. The maximum Gasteiger partial charge on any atom is 0.316 e. The van der Waals surface area contributed by atoms with Crippen molar-refractivity contribution in [3.05, 3.63) is 65.8 Å². The van der Waals surface area contributed by atoms with Crippen LogP contribution in [-0.4, -0.2) is 27.6 Å². The van der Waals surface area contributed by atoms with Crippen LogP contribution in [0, 0.1) is 6.92 Å². The van der Waals surface area contributed by atoms with Gasteiger partial charge < -0.3 is 9.84 Å². The molecule has 0 fully saturated rings. The van der Waals surface area contributed by atoms with E-state index in [2.05, 4.69) is 26.5 Å². The molecule has 1 N–H and O–H groups in total. The van der Waals surface area contributed by atoms with Crippen LogP contribution in [0.1, 0.15) is 21.8 Å². The van der Waals surface area contributed by atoms with E-state index in [9.17, 15) is 4.79 Å². The Labute approximate surface area is 133 Å². The van der Waals surface area contributed by atoms with E-state index in [0.29, 0.717) is 12.4 Å². The van der Waals surface area contributed by atoms with Gasteiger partial charge in [-0.05, 0) is 31.0 Å². The van der Waals surface area contributed by atoms with E-state index in [1.165, 1.54) is 11.1 Å². The minimum atomic E-state index is -0.370. The second-order valence-electron chi connectivity index (χ2n) is 5.15. The fourth-order valence-corrected chi connectivity index (χ4v) is 2.20. The highest BCUT2D eigenvalue weighted by Crippen LogP contribution is 2.13. The molecule has 0 radical (unpaired) electrons. The van der Waals surface area contributed by atoms with Gasteiger partial charge in [0, 0.05) is 24.5 Å². The van der Waals surface area contributed by atoms with Crippen molar-refractivity contribution in [2.45, 2.75) is 13.3 Å². The van der Waals surface area contributed by atoms with E-state index in [1.54, 1.807) is 24.5 Å². The van der Waals surface area contributed by atoms with Gasteiger partial charge in [0.2, 0.25) is 5.82 Å². The number of rotatable bonds is 5. The summed E-state index contributed by atoms with van der Waals surface area (Å²) in [5.41, 5.74) is 3.13. The number of aryl methyl sites for hydroxylation is 1. The summed E-state index contributed by atoms with van der Waals surface area (Å²) in [6, 6.07) is 11.7. The molecule has 6 nitrogen and oxygen atoms in total. The fraction of sp³-hybridized carbons (Fsp3) is 0.176. The van der Waals surface area contributed by atoms with Crippen molar-refractivity contribution in [2.24, 2.45) is 0 Å². The number of aromatic nitrogens is 3. The maximum absolute atomic E-state index is 12.0. The zero-order chi connectivity index (χ0) is 16.1. The molecule has 2 heterocycles. The summed E-state index contributed by atoms with van der Waals surface area (Å²) in [7, 11) is 0. The molecule has 0 aliphatic heterocycles. The van der Waals surface area contributed by atoms with E-state index in [0.717, 1.165) is 12.0 Å². The Bertz CT molecular complexity index is 799. The second-order valence-corrected chi connectivity index (χ2v) is 5.15. The monoisotopic (exact) mass is 308 g/mol. The first kappa shape index (κ1) is 14.9. The molecule has 0 aliphatic carbocycles. The number of amides is 1. The second kappa shape index (κ2) is 6.83. The quantitative estimate of drug-likeness (QED) is 0.783. The molecule has 0 atom stereocenters. The van der Waals surface area contributed by atoms with Gasteiger partial charge in [0.05, 0.1) is 0 Å². The summed E-state index contributed by atoms with van der Waals surface area (Å²) >= 11 is 0.